The molecule has 0 bridgehead atoms. The van der Waals surface area contributed by atoms with Crippen molar-refractivity contribution < 1.29 is 0 Å². The average Bonchev–Trinajstić information content (AvgIpc) is 2.97. The van der Waals surface area contributed by atoms with Gasteiger partial charge in [0.25, 0.3) is 0 Å². The summed E-state index contributed by atoms with van der Waals surface area (Å²) in [6, 6.07) is 40.0. The van der Waals surface area contributed by atoms with E-state index in [0.29, 0.717) is 0 Å². The van der Waals surface area contributed by atoms with Gasteiger partial charge in [0.1, 0.15) is 0 Å². The predicted molar refractivity (Wildman–Crippen MR) is 149 cm³/mol. The number of hydrogen-bond acceptors (Lipinski definition) is 3. The molecule has 0 aliphatic rings. The molecule has 3 heterocycles. The molecule has 0 spiro atoms. The third-order valence-corrected chi connectivity index (χ3v) is 6.77. The van der Waals surface area contributed by atoms with Crippen LogP contribution in [0, 0.1) is 0 Å². The molecule has 168 valence electrons. The lowest BCUT2D eigenvalue weighted by molar-refractivity contribution is 1.28. The lowest BCUT2D eigenvalue weighted by Gasteiger charge is -2.13. The molecule has 7 aromatic rings. The molecule has 4 aromatic carbocycles. The SMILES string of the molecule is c1ccc(-c2ccc(-c3ccc(-c4nc5ccccc5c5c4ccc4ccccc45)cc3)nc2)nc1. The highest BCUT2D eigenvalue weighted by Gasteiger charge is 2.13. The first-order valence-corrected chi connectivity index (χ1v) is 12.0. The molecule has 0 unspecified atom stereocenters. The second-order valence-corrected chi connectivity index (χ2v) is 8.91. The van der Waals surface area contributed by atoms with Crippen molar-refractivity contribution in [1.82, 2.24) is 15.0 Å². The Kier molecular flexibility index (Phi) is 4.78. The minimum atomic E-state index is 0.925. The molecule has 0 amide bonds. The van der Waals surface area contributed by atoms with E-state index < -0.39 is 0 Å². The molecule has 0 saturated heterocycles. The Labute approximate surface area is 208 Å². The van der Waals surface area contributed by atoms with Gasteiger partial charge in [-0.1, -0.05) is 84.9 Å². The maximum atomic E-state index is 5.11. The molecule has 3 heteroatoms. The maximum Gasteiger partial charge on any atom is 0.0788 e. The van der Waals surface area contributed by atoms with Crippen molar-refractivity contribution in [2.45, 2.75) is 0 Å². The first-order valence-electron chi connectivity index (χ1n) is 12.0. The van der Waals surface area contributed by atoms with Gasteiger partial charge in [-0.15, -0.1) is 0 Å². The quantitative estimate of drug-likeness (QED) is 0.249. The fraction of sp³-hybridized carbons (Fsp3) is 0. The molecule has 0 atom stereocenters. The van der Waals surface area contributed by atoms with Crippen LogP contribution in [0.3, 0.4) is 0 Å². The number of nitrogens with zero attached hydrogens (tertiary/aromatic N) is 3. The topological polar surface area (TPSA) is 38.7 Å². The number of fused-ring (bicyclic) bond motifs is 5. The van der Waals surface area contributed by atoms with E-state index in [2.05, 4.69) is 102 Å². The molecule has 0 N–H and O–H groups in total. The van der Waals surface area contributed by atoms with E-state index in [0.717, 1.165) is 44.7 Å². The van der Waals surface area contributed by atoms with Gasteiger partial charge in [-0.25, -0.2) is 4.98 Å². The third-order valence-electron chi connectivity index (χ3n) is 6.77. The molecule has 7 rings (SSSR count). The monoisotopic (exact) mass is 459 g/mol. The molecule has 0 aliphatic carbocycles. The standard InChI is InChI=1S/C33H21N3/c1-2-8-26-22(7-1)16-18-28-32(26)27-9-3-4-11-31(27)36-33(28)24-14-12-23(13-15-24)30-19-17-25(21-35-30)29-10-5-6-20-34-29/h1-21H. The fourth-order valence-electron chi connectivity index (χ4n) is 4.99. The van der Waals surface area contributed by atoms with Crippen molar-refractivity contribution in [2.75, 3.05) is 0 Å². The summed E-state index contributed by atoms with van der Waals surface area (Å²) in [6.07, 6.45) is 3.68. The Morgan fingerprint density at radius 2 is 1.17 bits per heavy atom. The van der Waals surface area contributed by atoms with Crippen LogP contribution >= 0.6 is 0 Å². The van der Waals surface area contributed by atoms with Gasteiger partial charge in [0.05, 0.1) is 22.6 Å². The minimum absolute atomic E-state index is 0.925. The minimum Gasteiger partial charge on any atom is -0.256 e. The van der Waals surface area contributed by atoms with Crippen LogP contribution in [0.5, 0.6) is 0 Å². The van der Waals surface area contributed by atoms with Crippen LogP contribution in [-0.4, -0.2) is 15.0 Å². The van der Waals surface area contributed by atoms with Crippen LogP contribution in [0.2, 0.25) is 0 Å². The Morgan fingerprint density at radius 3 is 1.97 bits per heavy atom. The predicted octanol–water partition coefficient (Wildman–Crippen LogP) is 8.33. The van der Waals surface area contributed by atoms with Gasteiger partial charge in [0, 0.05) is 45.2 Å². The van der Waals surface area contributed by atoms with E-state index in [-0.39, 0.29) is 0 Å². The summed E-state index contributed by atoms with van der Waals surface area (Å²) in [5.41, 5.74) is 7.04. The number of para-hydroxylation sites is 1. The Bertz CT molecular complexity index is 1840. The van der Waals surface area contributed by atoms with Gasteiger partial charge < -0.3 is 0 Å². The van der Waals surface area contributed by atoms with E-state index in [4.69, 9.17) is 9.97 Å². The van der Waals surface area contributed by atoms with Crippen LogP contribution in [0.1, 0.15) is 0 Å². The Balaban J connectivity index is 1.34. The maximum absolute atomic E-state index is 5.11. The summed E-state index contributed by atoms with van der Waals surface area (Å²) in [5, 5.41) is 6.09. The normalized spacial score (nSPS) is 11.3. The number of rotatable bonds is 3. The first kappa shape index (κ1) is 20.5. The van der Waals surface area contributed by atoms with Crippen LogP contribution in [0.15, 0.2) is 128 Å². The number of hydrogen-bond donors (Lipinski definition) is 0. The van der Waals surface area contributed by atoms with Crippen LogP contribution in [-0.2, 0) is 0 Å². The van der Waals surface area contributed by atoms with Gasteiger partial charge in [-0.3, -0.25) is 9.97 Å². The van der Waals surface area contributed by atoms with Crippen molar-refractivity contribution in [3.05, 3.63) is 128 Å². The molecule has 36 heavy (non-hydrogen) atoms. The summed E-state index contributed by atoms with van der Waals surface area (Å²) in [6.45, 7) is 0. The fourth-order valence-corrected chi connectivity index (χ4v) is 4.99. The van der Waals surface area contributed by atoms with Crippen molar-refractivity contribution in [1.29, 1.82) is 0 Å². The molecule has 0 aliphatic heterocycles. The second kappa shape index (κ2) is 8.40. The van der Waals surface area contributed by atoms with E-state index in [1.54, 1.807) is 6.20 Å². The van der Waals surface area contributed by atoms with E-state index >= 15 is 0 Å². The van der Waals surface area contributed by atoms with Gasteiger partial charge >= 0.3 is 0 Å². The molecular formula is C33H21N3. The van der Waals surface area contributed by atoms with E-state index in [1.165, 1.54) is 21.5 Å². The molecular weight excluding hydrogens is 438 g/mol. The van der Waals surface area contributed by atoms with Gasteiger partial charge in [-0.05, 0) is 41.1 Å². The van der Waals surface area contributed by atoms with Crippen LogP contribution in [0.25, 0.3) is 66.2 Å². The van der Waals surface area contributed by atoms with Crippen molar-refractivity contribution in [2.24, 2.45) is 0 Å². The number of aromatic nitrogens is 3. The molecule has 0 fully saturated rings. The second-order valence-electron chi connectivity index (χ2n) is 8.91. The van der Waals surface area contributed by atoms with Crippen molar-refractivity contribution >= 4 is 32.4 Å². The Morgan fingerprint density at radius 1 is 0.444 bits per heavy atom. The lowest BCUT2D eigenvalue weighted by atomic mass is 9.95. The molecule has 3 aromatic heterocycles. The highest BCUT2D eigenvalue weighted by molar-refractivity contribution is 6.22. The summed E-state index contributed by atoms with van der Waals surface area (Å²) in [5.74, 6) is 0. The zero-order chi connectivity index (χ0) is 23.9. The highest BCUT2D eigenvalue weighted by Crippen LogP contribution is 2.37. The first-order chi connectivity index (χ1) is 17.8. The lowest BCUT2D eigenvalue weighted by Crippen LogP contribution is -1.91. The Hall–Kier alpha value is -4.89. The van der Waals surface area contributed by atoms with E-state index in [9.17, 15) is 0 Å². The highest BCUT2D eigenvalue weighted by atomic mass is 14.7. The van der Waals surface area contributed by atoms with Crippen LogP contribution < -0.4 is 0 Å². The number of pyridine rings is 3. The van der Waals surface area contributed by atoms with Crippen molar-refractivity contribution in [3.8, 4) is 33.8 Å². The summed E-state index contributed by atoms with van der Waals surface area (Å²) < 4.78 is 0. The summed E-state index contributed by atoms with van der Waals surface area (Å²) in [4.78, 5) is 14.2. The van der Waals surface area contributed by atoms with Gasteiger partial charge in [0.15, 0.2) is 0 Å². The van der Waals surface area contributed by atoms with Crippen molar-refractivity contribution in [3.63, 3.8) is 0 Å². The molecule has 0 radical (unpaired) electrons. The average molecular weight is 460 g/mol. The zero-order valence-electron chi connectivity index (χ0n) is 19.5. The van der Waals surface area contributed by atoms with E-state index in [1.807, 2.05) is 24.4 Å². The summed E-state index contributed by atoms with van der Waals surface area (Å²) in [7, 11) is 0. The number of benzene rings is 4. The molecule has 3 nitrogen and oxygen atoms in total. The largest absolute Gasteiger partial charge is 0.256 e. The van der Waals surface area contributed by atoms with Gasteiger partial charge in [-0.2, -0.15) is 0 Å². The van der Waals surface area contributed by atoms with Crippen LogP contribution in [0.4, 0.5) is 0 Å². The smallest absolute Gasteiger partial charge is 0.0788 e. The summed E-state index contributed by atoms with van der Waals surface area (Å²) >= 11 is 0. The molecule has 0 saturated carbocycles. The zero-order valence-corrected chi connectivity index (χ0v) is 19.5. The van der Waals surface area contributed by atoms with Gasteiger partial charge in [0.2, 0.25) is 0 Å². The third kappa shape index (κ3) is 3.41.